The van der Waals surface area contributed by atoms with Gasteiger partial charge in [-0.2, -0.15) is 0 Å². The number of epoxide rings is 1. The first-order valence-electron chi connectivity index (χ1n) is 5.21. The Hall–Kier alpha value is -1.35. The Balaban J connectivity index is 2.04. The molecule has 15 heavy (non-hydrogen) atoms. The van der Waals surface area contributed by atoms with Crippen LogP contribution < -0.4 is 4.74 Å². The molecule has 0 saturated carbocycles. The molecule has 1 heterocycles. The van der Waals surface area contributed by atoms with Crippen molar-refractivity contribution in [1.29, 1.82) is 0 Å². The van der Waals surface area contributed by atoms with Crippen LogP contribution in [0.25, 0.3) is 0 Å². The molecule has 1 fully saturated rings. The summed E-state index contributed by atoms with van der Waals surface area (Å²) in [6.07, 6.45) is 2.63. The average molecular weight is 204 g/mol. The van der Waals surface area contributed by atoms with Gasteiger partial charge in [0.05, 0.1) is 6.10 Å². The third kappa shape index (κ3) is 1.43. The SMILES string of the molecule is CC(=O)Oc1cccc2c1C1OC1CC2. The van der Waals surface area contributed by atoms with Crippen molar-refractivity contribution in [3.8, 4) is 5.75 Å². The van der Waals surface area contributed by atoms with Gasteiger partial charge in [0.25, 0.3) is 0 Å². The van der Waals surface area contributed by atoms with Crippen LogP contribution >= 0.6 is 0 Å². The van der Waals surface area contributed by atoms with Gasteiger partial charge < -0.3 is 9.47 Å². The first-order valence-corrected chi connectivity index (χ1v) is 5.21. The smallest absolute Gasteiger partial charge is 0.308 e. The van der Waals surface area contributed by atoms with E-state index in [-0.39, 0.29) is 12.1 Å². The minimum absolute atomic E-state index is 0.171. The van der Waals surface area contributed by atoms with Gasteiger partial charge in [0, 0.05) is 12.5 Å². The van der Waals surface area contributed by atoms with E-state index in [2.05, 4.69) is 6.07 Å². The van der Waals surface area contributed by atoms with Gasteiger partial charge >= 0.3 is 5.97 Å². The monoisotopic (exact) mass is 204 g/mol. The average Bonchev–Trinajstić information content (AvgIpc) is 2.95. The molecule has 0 radical (unpaired) electrons. The largest absolute Gasteiger partial charge is 0.426 e. The highest BCUT2D eigenvalue weighted by Crippen LogP contribution is 2.50. The van der Waals surface area contributed by atoms with Crippen LogP contribution in [0.3, 0.4) is 0 Å². The molecule has 2 unspecified atom stereocenters. The molecule has 1 saturated heterocycles. The Morgan fingerprint density at radius 2 is 2.40 bits per heavy atom. The third-order valence-electron chi connectivity index (χ3n) is 2.98. The van der Waals surface area contributed by atoms with Crippen LogP contribution in [0.1, 0.15) is 30.6 Å². The molecular weight excluding hydrogens is 192 g/mol. The molecule has 3 nitrogen and oxygen atoms in total. The second-order valence-electron chi connectivity index (χ2n) is 4.06. The first-order chi connectivity index (χ1) is 7.25. The van der Waals surface area contributed by atoms with Gasteiger partial charge in [-0.3, -0.25) is 4.79 Å². The van der Waals surface area contributed by atoms with Crippen molar-refractivity contribution in [3.63, 3.8) is 0 Å². The quantitative estimate of drug-likeness (QED) is 0.399. The number of carbonyl (C=O) groups excluding carboxylic acids is 1. The number of esters is 1. The summed E-state index contributed by atoms with van der Waals surface area (Å²) in [5.41, 5.74) is 2.34. The van der Waals surface area contributed by atoms with Crippen molar-refractivity contribution in [3.05, 3.63) is 29.3 Å². The minimum Gasteiger partial charge on any atom is -0.426 e. The molecule has 0 spiro atoms. The number of ether oxygens (including phenoxy) is 2. The predicted molar refractivity (Wildman–Crippen MR) is 53.7 cm³/mol. The lowest BCUT2D eigenvalue weighted by atomic mass is 9.91. The van der Waals surface area contributed by atoms with Crippen molar-refractivity contribution < 1.29 is 14.3 Å². The summed E-state index contributed by atoms with van der Waals surface area (Å²) in [5.74, 6) is 0.401. The molecule has 3 heteroatoms. The van der Waals surface area contributed by atoms with E-state index in [1.54, 1.807) is 0 Å². The lowest BCUT2D eigenvalue weighted by Gasteiger charge is -2.15. The second kappa shape index (κ2) is 3.07. The fourth-order valence-electron chi connectivity index (χ4n) is 2.29. The van der Waals surface area contributed by atoms with Crippen molar-refractivity contribution in [2.75, 3.05) is 0 Å². The normalized spacial score (nSPS) is 26.5. The highest BCUT2D eigenvalue weighted by atomic mass is 16.6. The molecule has 1 aromatic rings. The van der Waals surface area contributed by atoms with Crippen LogP contribution in [0.4, 0.5) is 0 Å². The number of carbonyl (C=O) groups is 1. The van der Waals surface area contributed by atoms with Crippen LogP contribution in [0.15, 0.2) is 18.2 Å². The fraction of sp³-hybridized carbons (Fsp3) is 0.417. The number of hydrogen-bond acceptors (Lipinski definition) is 3. The Bertz CT molecular complexity index is 425. The zero-order valence-electron chi connectivity index (χ0n) is 8.53. The topological polar surface area (TPSA) is 38.8 Å². The van der Waals surface area contributed by atoms with Gasteiger partial charge in [-0.25, -0.2) is 0 Å². The highest BCUT2D eigenvalue weighted by molar-refractivity contribution is 5.70. The number of hydrogen-bond donors (Lipinski definition) is 0. The van der Waals surface area contributed by atoms with Crippen LogP contribution in [0.2, 0.25) is 0 Å². The number of benzene rings is 1. The molecule has 1 aliphatic carbocycles. The van der Waals surface area contributed by atoms with E-state index in [0.29, 0.717) is 11.9 Å². The molecule has 3 rings (SSSR count). The zero-order chi connectivity index (χ0) is 10.4. The van der Waals surface area contributed by atoms with Crippen molar-refractivity contribution in [2.24, 2.45) is 0 Å². The maximum Gasteiger partial charge on any atom is 0.308 e. The molecule has 0 N–H and O–H groups in total. The zero-order valence-corrected chi connectivity index (χ0v) is 8.53. The highest BCUT2D eigenvalue weighted by Gasteiger charge is 2.45. The van der Waals surface area contributed by atoms with Gasteiger partial charge in [-0.1, -0.05) is 12.1 Å². The molecule has 1 aliphatic heterocycles. The van der Waals surface area contributed by atoms with Gasteiger partial charge in [0.15, 0.2) is 0 Å². The Labute approximate surface area is 88.0 Å². The molecule has 2 atom stereocenters. The summed E-state index contributed by atoms with van der Waals surface area (Å²) in [6, 6.07) is 5.85. The van der Waals surface area contributed by atoms with Crippen LogP contribution in [-0.4, -0.2) is 12.1 Å². The lowest BCUT2D eigenvalue weighted by molar-refractivity contribution is -0.131. The second-order valence-corrected chi connectivity index (χ2v) is 4.06. The fourth-order valence-corrected chi connectivity index (χ4v) is 2.29. The van der Waals surface area contributed by atoms with Gasteiger partial charge in [-0.05, 0) is 24.5 Å². The standard InChI is InChI=1S/C12H12O3/c1-7(13)14-9-4-2-3-8-5-6-10-12(15-10)11(8)9/h2-4,10,12H,5-6H2,1H3. The lowest BCUT2D eigenvalue weighted by Crippen LogP contribution is -2.09. The van der Waals surface area contributed by atoms with E-state index in [1.165, 1.54) is 12.5 Å². The molecule has 0 bridgehead atoms. The summed E-state index contributed by atoms with van der Waals surface area (Å²) in [5, 5.41) is 0. The van der Waals surface area contributed by atoms with E-state index in [1.807, 2.05) is 12.1 Å². The van der Waals surface area contributed by atoms with Gasteiger partial charge in [0.1, 0.15) is 11.9 Å². The molecule has 2 aliphatic rings. The van der Waals surface area contributed by atoms with Crippen LogP contribution in [0.5, 0.6) is 5.75 Å². The maximum atomic E-state index is 11.0. The van der Waals surface area contributed by atoms with Crippen LogP contribution in [-0.2, 0) is 16.0 Å². The maximum absolute atomic E-state index is 11.0. The molecule has 0 aromatic heterocycles. The molecule has 0 amide bonds. The van der Waals surface area contributed by atoms with Gasteiger partial charge in [-0.15, -0.1) is 0 Å². The Morgan fingerprint density at radius 1 is 1.53 bits per heavy atom. The molecule has 1 aromatic carbocycles. The van der Waals surface area contributed by atoms with Gasteiger partial charge in [0.2, 0.25) is 0 Å². The number of aryl methyl sites for hydroxylation is 1. The summed E-state index contributed by atoms with van der Waals surface area (Å²) >= 11 is 0. The van der Waals surface area contributed by atoms with Crippen molar-refractivity contribution >= 4 is 5.97 Å². The third-order valence-corrected chi connectivity index (χ3v) is 2.98. The van der Waals surface area contributed by atoms with E-state index >= 15 is 0 Å². The van der Waals surface area contributed by atoms with E-state index in [9.17, 15) is 4.79 Å². The summed E-state index contributed by atoms with van der Waals surface area (Å²) in [7, 11) is 0. The number of fused-ring (bicyclic) bond motifs is 3. The van der Waals surface area contributed by atoms with E-state index < -0.39 is 0 Å². The summed E-state index contributed by atoms with van der Waals surface area (Å²) in [4.78, 5) is 11.0. The molecule has 78 valence electrons. The molecular formula is C12H12O3. The van der Waals surface area contributed by atoms with Crippen molar-refractivity contribution in [2.45, 2.75) is 32.0 Å². The van der Waals surface area contributed by atoms with E-state index in [4.69, 9.17) is 9.47 Å². The van der Waals surface area contributed by atoms with Crippen molar-refractivity contribution in [1.82, 2.24) is 0 Å². The summed E-state index contributed by atoms with van der Waals surface area (Å²) in [6.45, 7) is 1.42. The Morgan fingerprint density at radius 3 is 3.20 bits per heavy atom. The summed E-state index contributed by atoms with van der Waals surface area (Å²) < 4.78 is 10.7. The Kier molecular flexibility index (Phi) is 1.83. The predicted octanol–water partition coefficient (Wildman–Crippen LogP) is 2.00. The number of rotatable bonds is 1. The minimum atomic E-state index is -0.272. The van der Waals surface area contributed by atoms with Crippen LogP contribution in [0, 0.1) is 0 Å². The van der Waals surface area contributed by atoms with E-state index in [0.717, 1.165) is 18.4 Å². The first kappa shape index (κ1) is 8.92.